The summed E-state index contributed by atoms with van der Waals surface area (Å²) in [6.45, 7) is 1.86. The molecule has 2 rings (SSSR count). The summed E-state index contributed by atoms with van der Waals surface area (Å²) in [5, 5.41) is 17.8. The molecule has 0 fully saturated rings. The fourth-order valence-corrected chi connectivity index (χ4v) is 1.46. The Morgan fingerprint density at radius 1 is 1.33 bits per heavy atom. The third kappa shape index (κ3) is 2.65. The minimum Gasteiger partial charge on any atom is -0.439 e. The molecule has 0 saturated heterocycles. The van der Waals surface area contributed by atoms with Gasteiger partial charge in [-0.25, -0.2) is 4.98 Å². The maximum absolute atomic E-state index is 8.91. The van der Waals surface area contributed by atoms with Gasteiger partial charge in [0.15, 0.2) is 0 Å². The molecule has 90 valence electrons. The van der Waals surface area contributed by atoms with Gasteiger partial charge in [0.2, 0.25) is 5.88 Å². The third-order valence-corrected chi connectivity index (χ3v) is 2.51. The van der Waals surface area contributed by atoms with Crippen LogP contribution >= 0.6 is 0 Å². The molecule has 0 unspecified atom stereocenters. The first-order chi connectivity index (χ1) is 8.72. The first kappa shape index (κ1) is 12.1. The van der Waals surface area contributed by atoms with E-state index in [4.69, 9.17) is 15.1 Å². The lowest BCUT2D eigenvalue weighted by molar-refractivity contribution is 0.281. The molecule has 4 heteroatoms. The molecule has 1 N–H and O–H groups in total. The third-order valence-electron chi connectivity index (χ3n) is 2.51. The van der Waals surface area contributed by atoms with Gasteiger partial charge in [-0.2, -0.15) is 5.26 Å². The van der Waals surface area contributed by atoms with E-state index in [0.717, 1.165) is 11.1 Å². The predicted octanol–water partition coefficient (Wildman–Crippen LogP) is 2.55. The maximum Gasteiger partial charge on any atom is 0.219 e. The van der Waals surface area contributed by atoms with E-state index in [9.17, 15) is 0 Å². The fraction of sp³-hybridized carbons (Fsp3) is 0.143. The first-order valence-electron chi connectivity index (χ1n) is 5.47. The quantitative estimate of drug-likeness (QED) is 0.895. The Hall–Kier alpha value is -2.38. The highest BCUT2D eigenvalue weighted by atomic mass is 16.5. The number of aliphatic hydroxyl groups excluding tert-OH is 1. The van der Waals surface area contributed by atoms with Crippen molar-refractivity contribution in [2.75, 3.05) is 0 Å². The maximum atomic E-state index is 8.91. The fourth-order valence-electron chi connectivity index (χ4n) is 1.46. The highest BCUT2D eigenvalue weighted by Crippen LogP contribution is 2.24. The molecule has 1 aromatic carbocycles. The SMILES string of the molecule is Cc1ccc(C#N)cc1Oc1ccc(CO)cn1. The molecular weight excluding hydrogens is 228 g/mol. The zero-order valence-electron chi connectivity index (χ0n) is 9.92. The Labute approximate surface area is 105 Å². The summed E-state index contributed by atoms with van der Waals surface area (Å²) in [4.78, 5) is 4.08. The van der Waals surface area contributed by atoms with Crippen molar-refractivity contribution >= 4 is 0 Å². The van der Waals surface area contributed by atoms with Crippen molar-refractivity contribution in [2.24, 2.45) is 0 Å². The van der Waals surface area contributed by atoms with Gasteiger partial charge in [0.25, 0.3) is 0 Å². The van der Waals surface area contributed by atoms with Crippen molar-refractivity contribution in [3.8, 4) is 17.7 Å². The molecule has 4 nitrogen and oxygen atoms in total. The number of pyridine rings is 1. The van der Waals surface area contributed by atoms with Crippen LogP contribution in [0.1, 0.15) is 16.7 Å². The molecule has 1 heterocycles. The molecular formula is C14H12N2O2. The average Bonchev–Trinajstić information content (AvgIpc) is 2.42. The molecule has 0 radical (unpaired) electrons. The monoisotopic (exact) mass is 240 g/mol. The van der Waals surface area contributed by atoms with Gasteiger partial charge in [-0.3, -0.25) is 0 Å². The van der Waals surface area contributed by atoms with E-state index in [1.165, 1.54) is 0 Å². The minimum absolute atomic E-state index is 0.0454. The molecule has 2 aromatic rings. The van der Waals surface area contributed by atoms with Gasteiger partial charge in [-0.15, -0.1) is 0 Å². The highest BCUT2D eigenvalue weighted by Gasteiger charge is 2.04. The van der Waals surface area contributed by atoms with E-state index in [-0.39, 0.29) is 6.61 Å². The number of benzene rings is 1. The standard InChI is InChI=1S/C14H12N2O2/c1-10-2-3-11(7-15)6-13(10)18-14-5-4-12(9-17)8-16-14/h2-6,8,17H,9H2,1H3. The van der Waals surface area contributed by atoms with Crippen molar-refractivity contribution in [3.05, 3.63) is 53.2 Å². The second-order valence-corrected chi connectivity index (χ2v) is 3.86. The number of nitriles is 1. The van der Waals surface area contributed by atoms with Crippen LogP contribution < -0.4 is 4.74 Å². The number of nitrogens with zero attached hydrogens (tertiary/aromatic N) is 2. The smallest absolute Gasteiger partial charge is 0.219 e. The normalized spacial score (nSPS) is 9.83. The average molecular weight is 240 g/mol. The minimum atomic E-state index is -0.0454. The van der Waals surface area contributed by atoms with Crippen molar-refractivity contribution in [1.82, 2.24) is 4.98 Å². The van der Waals surface area contributed by atoms with Gasteiger partial charge in [0.1, 0.15) is 5.75 Å². The summed E-state index contributed by atoms with van der Waals surface area (Å²) in [5.74, 6) is 1.05. The van der Waals surface area contributed by atoms with E-state index in [0.29, 0.717) is 17.2 Å². The second kappa shape index (κ2) is 5.30. The van der Waals surface area contributed by atoms with Crippen molar-refractivity contribution in [2.45, 2.75) is 13.5 Å². The molecule has 0 saturated carbocycles. The molecule has 0 aliphatic heterocycles. The molecule has 18 heavy (non-hydrogen) atoms. The number of rotatable bonds is 3. The zero-order valence-corrected chi connectivity index (χ0v) is 9.92. The van der Waals surface area contributed by atoms with Crippen LogP contribution in [0.25, 0.3) is 0 Å². The Bertz CT molecular complexity index is 586. The predicted molar refractivity (Wildman–Crippen MR) is 66.1 cm³/mol. The van der Waals surface area contributed by atoms with Crippen LogP contribution in [0.15, 0.2) is 36.5 Å². The summed E-state index contributed by atoms with van der Waals surface area (Å²) < 4.78 is 5.61. The molecule has 0 aliphatic carbocycles. The Balaban J connectivity index is 2.25. The van der Waals surface area contributed by atoms with Crippen LogP contribution in [0, 0.1) is 18.3 Å². The van der Waals surface area contributed by atoms with Crippen LogP contribution in [-0.4, -0.2) is 10.1 Å². The molecule has 0 amide bonds. The summed E-state index contributed by atoms with van der Waals surface area (Å²) >= 11 is 0. The molecule has 1 aromatic heterocycles. The van der Waals surface area contributed by atoms with Crippen LogP contribution in [0.3, 0.4) is 0 Å². The van der Waals surface area contributed by atoms with Crippen molar-refractivity contribution in [1.29, 1.82) is 5.26 Å². The van der Waals surface area contributed by atoms with Crippen molar-refractivity contribution in [3.63, 3.8) is 0 Å². The Morgan fingerprint density at radius 2 is 2.17 bits per heavy atom. The number of hydrogen-bond acceptors (Lipinski definition) is 4. The van der Waals surface area contributed by atoms with Crippen molar-refractivity contribution < 1.29 is 9.84 Å². The molecule has 0 spiro atoms. The number of ether oxygens (including phenoxy) is 1. The molecule has 0 bridgehead atoms. The van der Waals surface area contributed by atoms with Gasteiger partial charge in [-0.05, 0) is 36.2 Å². The number of aromatic nitrogens is 1. The lowest BCUT2D eigenvalue weighted by atomic mass is 10.1. The van der Waals surface area contributed by atoms with Crippen LogP contribution in [0.2, 0.25) is 0 Å². The van der Waals surface area contributed by atoms with E-state index in [2.05, 4.69) is 11.1 Å². The van der Waals surface area contributed by atoms with Gasteiger partial charge in [0.05, 0.1) is 18.2 Å². The summed E-state index contributed by atoms with van der Waals surface area (Å²) in [7, 11) is 0. The summed E-state index contributed by atoms with van der Waals surface area (Å²) in [6.07, 6.45) is 1.55. The van der Waals surface area contributed by atoms with Gasteiger partial charge in [0, 0.05) is 12.3 Å². The number of aryl methyl sites for hydroxylation is 1. The Morgan fingerprint density at radius 3 is 2.78 bits per heavy atom. The lowest BCUT2D eigenvalue weighted by Crippen LogP contribution is -1.92. The number of aliphatic hydroxyl groups is 1. The van der Waals surface area contributed by atoms with Crippen LogP contribution in [0.5, 0.6) is 11.6 Å². The highest BCUT2D eigenvalue weighted by molar-refractivity contribution is 5.43. The van der Waals surface area contributed by atoms with E-state index >= 15 is 0 Å². The van der Waals surface area contributed by atoms with Crippen LogP contribution in [0.4, 0.5) is 0 Å². The first-order valence-corrected chi connectivity index (χ1v) is 5.47. The molecule has 0 aliphatic rings. The Kier molecular flexibility index (Phi) is 3.56. The summed E-state index contributed by atoms with van der Waals surface area (Å²) in [5.41, 5.74) is 2.20. The van der Waals surface area contributed by atoms with Gasteiger partial charge < -0.3 is 9.84 Å². The topological polar surface area (TPSA) is 66.1 Å². The van der Waals surface area contributed by atoms with E-state index in [1.54, 1.807) is 30.5 Å². The van der Waals surface area contributed by atoms with Gasteiger partial charge in [-0.1, -0.05) is 6.07 Å². The van der Waals surface area contributed by atoms with Crippen LogP contribution in [-0.2, 0) is 6.61 Å². The summed E-state index contributed by atoms with van der Waals surface area (Å²) in [6, 6.07) is 10.7. The second-order valence-electron chi connectivity index (χ2n) is 3.86. The van der Waals surface area contributed by atoms with E-state index in [1.807, 2.05) is 13.0 Å². The largest absolute Gasteiger partial charge is 0.439 e. The molecule has 0 atom stereocenters. The van der Waals surface area contributed by atoms with E-state index < -0.39 is 0 Å². The number of hydrogen-bond donors (Lipinski definition) is 1. The van der Waals surface area contributed by atoms with Gasteiger partial charge >= 0.3 is 0 Å². The lowest BCUT2D eigenvalue weighted by Gasteiger charge is -2.08. The zero-order chi connectivity index (χ0) is 13.0.